The van der Waals surface area contributed by atoms with Crippen molar-refractivity contribution in [2.75, 3.05) is 6.54 Å². The van der Waals surface area contributed by atoms with Gasteiger partial charge in [0.05, 0.1) is 6.33 Å². The number of hydrogen-bond donors (Lipinski definition) is 7. The average molecular weight is 705 g/mol. The smallest absolute Gasteiger partial charge is 0.405 e. The fourth-order valence-electron chi connectivity index (χ4n) is 9.08. The second kappa shape index (κ2) is 15.0. The molecule has 0 spiro atoms. The lowest BCUT2D eigenvalue weighted by atomic mass is 9.49. The minimum absolute atomic E-state index is 0.0320. The Bertz CT molecular complexity index is 1690. The molecule has 10 N–H and O–H groups in total. The summed E-state index contributed by atoms with van der Waals surface area (Å²) in [6.45, 7) is 3.57. The van der Waals surface area contributed by atoms with Gasteiger partial charge in [0.25, 0.3) is 5.91 Å². The SMILES string of the molecule is Cc1cc(O)cc(C)c1C[C@H](NC(=O)[C@@H](CCN=C(N)N)OC(N)=O)C(=O)N[C@@H](Cc1cnc[nH]1)c1nc(CC23CC4CC(CC(C4)C2)C3)no1. The Morgan fingerprint density at radius 1 is 1.04 bits per heavy atom. The Morgan fingerprint density at radius 2 is 1.71 bits per heavy atom. The van der Waals surface area contributed by atoms with Crippen LogP contribution < -0.4 is 27.8 Å². The summed E-state index contributed by atoms with van der Waals surface area (Å²) in [4.78, 5) is 55.4. The molecule has 51 heavy (non-hydrogen) atoms. The maximum Gasteiger partial charge on any atom is 0.405 e. The van der Waals surface area contributed by atoms with Crippen molar-refractivity contribution in [1.29, 1.82) is 0 Å². The van der Waals surface area contributed by atoms with Gasteiger partial charge in [-0.3, -0.25) is 14.6 Å². The van der Waals surface area contributed by atoms with Gasteiger partial charge in [-0.25, -0.2) is 9.78 Å². The largest absolute Gasteiger partial charge is 0.508 e. The number of benzene rings is 1. The number of amides is 3. The fourth-order valence-corrected chi connectivity index (χ4v) is 9.08. The van der Waals surface area contributed by atoms with Gasteiger partial charge >= 0.3 is 6.09 Å². The molecule has 3 aromatic rings. The summed E-state index contributed by atoms with van der Waals surface area (Å²) in [7, 11) is 0. The van der Waals surface area contributed by atoms with E-state index in [-0.39, 0.29) is 48.8 Å². The third-order valence-electron chi connectivity index (χ3n) is 10.7. The zero-order valence-corrected chi connectivity index (χ0v) is 29.1. The highest BCUT2D eigenvalue weighted by Crippen LogP contribution is 2.60. The fraction of sp³-hybridized carbons (Fsp3) is 0.571. The molecular formula is C35H48N10O6. The first-order valence-corrected chi connectivity index (χ1v) is 17.6. The molecule has 2 aromatic heterocycles. The molecule has 2 heterocycles. The highest BCUT2D eigenvalue weighted by molar-refractivity contribution is 5.90. The van der Waals surface area contributed by atoms with Crippen LogP contribution in [0.2, 0.25) is 0 Å². The monoisotopic (exact) mass is 704 g/mol. The molecule has 4 fully saturated rings. The van der Waals surface area contributed by atoms with E-state index < -0.39 is 36.1 Å². The molecule has 7 rings (SSSR count). The number of phenolic OH excluding ortho intramolecular Hbond substituents is 1. The molecule has 16 heteroatoms. The van der Waals surface area contributed by atoms with Crippen LogP contribution in [-0.2, 0) is 33.6 Å². The van der Waals surface area contributed by atoms with Crippen LogP contribution in [-0.4, -0.2) is 67.8 Å². The van der Waals surface area contributed by atoms with Crippen LogP contribution in [0.15, 0.2) is 34.2 Å². The predicted molar refractivity (Wildman–Crippen MR) is 185 cm³/mol. The van der Waals surface area contributed by atoms with Gasteiger partial charge in [-0.2, -0.15) is 4.98 Å². The van der Waals surface area contributed by atoms with E-state index in [4.69, 9.17) is 31.4 Å². The van der Waals surface area contributed by atoms with E-state index in [2.05, 4.69) is 30.8 Å². The number of nitrogens with zero attached hydrogens (tertiary/aromatic N) is 4. The number of carbonyl (C=O) groups is 3. The van der Waals surface area contributed by atoms with Gasteiger partial charge in [-0.05, 0) is 104 Å². The number of aryl methyl sites for hydroxylation is 2. The van der Waals surface area contributed by atoms with Crippen LogP contribution in [0.3, 0.4) is 0 Å². The summed E-state index contributed by atoms with van der Waals surface area (Å²) in [5.74, 6) is 1.77. The molecule has 3 amide bonds. The van der Waals surface area contributed by atoms with Crippen molar-refractivity contribution in [1.82, 2.24) is 30.7 Å². The van der Waals surface area contributed by atoms with Crippen molar-refractivity contribution in [3.63, 3.8) is 0 Å². The normalized spacial score (nSPS) is 23.6. The Kier molecular flexibility index (Phi) is 10.5. The molecule has 4 bridgehead atoms. The summed E-state index contributed by atoms with van der Waals surface area (Å²) < 4.78 is 10.9. The first kappa shape index (κ1) is 35.7. The van der Waals surface area contributed by atoms with Crippen molar-refractivity contribution in [2.24, 2.45) is 45.4 Å². The number of aromatic hydroxyl groups is 1. The maximum absolute atomic E-state index is 14.3. The number of nitrogens with one attached hydrogen (secondary N) is 3. The summed E-state index contributed by atoms with van der Waals surface area (Å²) in [6.07, 6.45) is 9.18. The van der Waals surface area contributed by atoms with Crippen molar-refractivity contribution in [3.05, 3.63) is 58.8 Å². The van der Waals surface area contributed by atoms with Crippen LogP contribution >= 0.6 is 0 Å². The van der Waals surface area contributed by atoms with Crippen LogP contribution in [0.5, 0.6) is 5.75 Å². The number of aliphatic imine (C=N–C) groups is 1. The van der Waals surface area contributed by atoms with Gasteiger partial charge in [0.1, 0.15) is 17.8 Å². The van der Waals surface area contributed by atoms with Crippen LogP contribution in [0.1, 0.15) is 85.1 Å². The lowest BCUT2D eigenvalue weighted by molar-refractivity contribution is -0.134. The van der Waals surface area contributed by atoms with Gasteiger partial charge in [0, 0.05) is 44.1 Å². The van der Waals surface area contributed by atoms with E-state index in [0.717, 1.165) is 46.6 Å². The topological polar surface area (TPSA) is 263 Å². The molecule has 16 nitrogen and oxygen atoms in total. The van der Waals surface area contributed by atoms with Crippen molar-refractivity contribution >= 4 is 23.9 Å². The number of rotatable bonds is 15. The van der Waals surface area contributed by atoms with Gasteiger partial charge in [-0.1, -0.05) is 5.16 Å². The lowest BCUT2D eigenvalue weighted by Gasteiger charge is -2.56. The number of nitrogens with two attached hydrogens (primary N) is 3. The number of hydrogen-bond acceptors (Lipinski definition) is 10. The molecular weight excluding hydrogens is 656 g/mol. The van der Waals surface area contributed by atoms with Gasteiger partial charge < -0.3 is 47.2 Å². The number of ether oxygens (including phenoxy) is 1. The molecule has 0 saturated heterocycles. The van der Waals surface area contributed by atoms with E-state index >= 15 is 0 Å². The third-order valence-corrected chi connectivity index (χ3v) is 10.7. The summed E-state index contributed by atoms with van der Waals surface area (Å²) in [6, 6.07) is 1.23. The van der Waals surface area contributed by atoms with Crippen LogP contribution in [0.25, 0.3) is 0 Å². The van der Waals surface area contributed by atoms with Gasteiger partial charge in [-0.15, -0.1) is 0 Å². The number of aromatic amines is 1. The van der Waals surface area contributed by atoms with Crippen molar-refractivity contribution in [2.45, 2.75) is 96.2 Å². The van der Waals surface area contributed by atoms with Gasteiger partial charge in [0.2, 0.25) is 11.8 Å². The molecule has 4 aliphatic rings. The number of imidazole rings is 1. The molecule has 0 unspecified atom stereocenters. The first-order chi connectivity index (χ1) is 24.3. The molecule has 0 radical (unpaired) electrons. The van der Waals surface area contributed by atoms with E-state index in [1.54, 1.807) is 38.5 Å². The second-order valence-corrected chi connectivity index (χ2v) is 14.8. The Balaban J connectivity index is 1.24. The number of primary amides is 1. The van der Waals surface area contributed by atoms with E-state index in [1.807, 2.05) is 0 Å². The summed E-state index contributed by atoms with van der Waals surface area (Å²) >= 11 is 0. The highest BCUT2D eigenvalue weighted by Gasteiger charge is 2.51. The van der Waals surface area contributed by atoms with Crippen molar-refractivity contribution < 1.29 is 28.8 Å². The van der Waals surface area contributed by atoms with Crippen LogP contribution in [0, 0.1) is 37.0 Å². The predicted octanol–water partition coefficient (Wildman–Crippen LogP) is 2.13. The summed E-state index contributed by atoms with van der Waals surface area (Å²) in [5, 5.41) is 20.3. The standard InChI is InChI=1S/C35H48N10O6/c1-18-5-24(46)6-19(2)25(18)11-26(42-31(48)28(50-34(38)49)3-4-40-33(36)37)30(47)43-27(10-23-16-39-17-41-23)32-44-29(45-51-32)15-35-12-20-7-21(13-35)9-22(8-20)14-35/h5-6,16-17,20-22,26-28,46H,3-4,7-15H2,1-2H3,(H2,38,49)(H,39,41)(H,42,48)(H,43,47)(H4,36,37,40)/t20?,21?,22?,26-,27-,28+,35?/m0/s1. The van der Waals surface area contributed by atoms with E-state index in [9.17, 15) is 19.5 Å². The zero-order valence-electron chi connectivity index (χ0n) is 29.1. The van der Waals surface area contributed by atoms with E-state index in [0.29, 0.717) is 5.82 Å². The van der Waals surface area contributed by atoms with Gasteiger partial charge in [0.15, 0.2) is 17.9 Å². The third kappa shape index (κ3) is 8.78. The first-order valence-electron chi connectivity index (χ1n) is 17.6. The Labute approximate surface area is 295 Å². The number of aromatic nitrogens is 4. The number of guanidine groups is 1. The average Bonchev–Trinajstić information content (AvgIpc) is 3.72. The number of carbonyl (C=O) groups excluding carboxylic acids is 3. The molecule has 0 aliphatic heterocycles. The highest BCUT2D eigenvalue weighted by atomic mass is 16.6. The zero-order chi connectivity index (χ0) is 36.3. The quantitative estimate of drug-likeness (QED) is 0.0890. The number of phenols is 1. The lowest BCUT2D eigenvalue weighted by Crippen LogP contribution is -2.52. The van der Waals surface area contributed by atoms with E-state index in [1.165, 1.54) is 38.5 Å². The molecule has 3 atom stereocenters. The second-order valence-electron chi connectivity index (χ2n) is 14.8. The molecule has 274 valence electrons. The number of H-pyrrole nitrogens is 1. The Morgan fingerprint density at radius 3 is 2.29 bits per heavy atom. The van der Waals surface area contributed by atoms with Crippen LogP contribution in [0.4, 0.5) is 4.79 Å². The Hall–Kier alpha value is -5.15. The summed E-state index contributed by atoms with van der Waals surface area (Å²) in [5.41, 5.74) is 19.2. The minimum atomic E-state index is -1.38. The maximum atomic E-state index is 14.3. The molecule has 4 aliphatic carbocycles. The molecule has 4 saturated carbocycles. The minimum Gasteiger partial charge on any atom is -0.508 e. The molecule has 1 aromatic carbocycles. The van der Waals surface area contributed by atoms with Crippen molar-refractivity contribution in [3.8, 4) is 5.75 Å².